The number of hydrogen-bond donors (Lipinski definition) is 1. The van der Waals surface area contributed by atoms with Crippen LogP contribution in [0.1, 0.15) is 5.56 Å². The van der Waals surface area contributed by atoms with Gasteiger partial charge in [0.15, 0.2) is 17.2 Å². The van der Waals surface area contributed by atoms with E-state index >= 15 is 4.39 Å². The second-order valence-corrected chi connectivity index (χ2v) is 6.00. The van der Waals surface area contributed by atoms with Gasteiger partial charge in [0.1, 0.15) is 25.0 Å². The van der Waals surface area contributed by atoms with Crippen LogP contribution >= 0.6 is 0 Å². The predicted molar refractivity (Wildman–Crippen MR) is 109 cm³/mol. The Kier molecular flexibility index (Phi) is 7.11. The SMILES string of the molecule is CNC(=O)/C(=N/OC)c1ccc(F)cc1Oc1ncnc(Oc2ccccc2OC)c1F. The number of hydrogen-bond acceptors (Lipinski definition) is 8. The van der Waals surface area contributed by atoms with Crippen LogP contribution in [0.2, 0.25) is 0 Å². The van der Waals surface area contributed by atoms with Gasteiger partial charge in [-0.3, -0.25) is 4.79 Å². The number of carbonyl (C=O) groups excluding carboxylic acids is 1. The lowest BCUT2D eigenvalue weighted by Gasteiger charge is -2.13. The highest BCUT2D eigenvalue weighted by Crippen LogP contribution is 2.34. The molecule has 0 unspecified atom stereocenters. The van der Waals surface area contributed by atoms with E-state index in [0.29, 0.717) is 5.75 Å². The average molecular weight is 444 g/mol. The van der Waals surface area contributed by atoms with Gasteiger partial charge in [0, 0.05) is 13.1 Å². The molecule has 1 N–H and O–H groups in total. The van der Waals surface area contributed by atoms with E-state index in [9.17, 15) is 9.18 Å². The van der Waals surface area contributed by atoms with E-state index in [2.05, 4.69) is 20.4 Å². The first kappa shape index (κ1) is 22.4. The number of carbonyl (C=O) groups is 1. The number of methoxy groups -OCH3 is 1. The number of halogens is 2. The number of para-hydroxylation sites is 2. The molecule has 0 saturated heterocycles. The van der Waals surface area contributed by atoms with Crippen molar-refractivity contribution in [2.24, 2.45) is 5.16 Å². The monoisotopic (exact) mass is 444 g/mol. The molecule has 166 valence electrons. The first-order valence-electron chi connectivity index (χ1n) is 9.10. The molecule has 0 aliphatic heterocycles. The first-order chi connectivity index (χ1) is 15.5. The van der Waals surface area contributed by atoms with Crippen molar-refractivity contribution in [3.63, 3.8) is 0 Å². The molecule has 0 aliphatic rings. The van der Waals surface area contributed by atoms with Gasteiger partial charge in [-0.25, -0.2) is 4.39 Å². The second kappa shape index (κ2) is 10.2. The third-order valence-electron chi connectivity index (χ3n) is 4.03. The topological polar surface area (TPSA) is 104 Å². The summed E-state index contributed by atoms with van der Waals surface area (Å²) in [5.41, 5.74) is -0.178. The summed E-state index contributed by atoms with van der Waals surface area (Å²) < 4.78 is 45.1. The molecule has 3 aromatic rings. The van der Waals surface area contributed by atoms with Gasteiger partial charge in [0.2, 0.25) is 5.82 Å². The van der Waals surface area contributed by atoms with E-state index in [1.807, 2.05) is 0 Å². The predicted octanol–water partition coefficient (Wildman–Crippen LogP) is 3.44. The molecule has 9 nitrogen and oxygen atoms in total. The minimum absolute atomic E-state index is 0.0396. The maximum absolute atomic E-state index is 15.0. The lowest BCUT2D eigenvalue weighted by molar-refractivity contribution is -0.114. The van der Waals surface area contributed by atoms with Crippen LogP contribution in [0.25, 0.3) is 0 Å². The van der Waals surface area contributed by atoms with E-state index in [1.54, 1.807) is 24.3 Å². The van der Waals surface area contributed by atoms with Crippen molar-refractivity contribution in [3.8, 4) is 29.0 Å². The van der Waals surface area contributed by atoms with Crippen LogP contribution in [0, 0.1) is 11.6 Å². The minimum Gasteiger partial charge on any atom is -0.493 e. The highest BCUT2D eigenvalue weighted by atomic mass is 19.1. The Balaban J connectivity index is 2.00. The number of rotatable bonds is 8. The van der Waals surface area contributed by atoms with E-state index in [4.69, 9.17) is 19.0 Å². The van der Waals surface area contributed by atoms with Gasteiger partial charge in [-0.05, 0) is 24.3 Å². The molecule has 0 saturated carbocycles. The van der Waals surface area contributed by atoms with Crippen LogP contribution in [0.5, 0.6) is 29.0 Å². The zero-order valence-electron chi connectivity index (χ0n) is 17.3. The third kappa shape index (κ3) is 4.89. The van der Waals surface area contributed by atoms with Crippen LogP contribution in [0.4, 0.5) is 8.78 Å². The Hall–Kier alpha value is -4.28. The van der Waals surface area contributed by atoms with Crippen molar-refractivity contribution >= 4 is 11.6 Å². The molecule has 0 radical (unpaired) electrons. The van der Waals surface area contributed by atoms with Gasteiger partial charge < -0.3 is 24.4 Å². The number of likely N-dealkylation sites (N-methyl/N-ethyl adjacent to an activating group) is 1. The van der Waals surface area contributed by atoms with Crippen LogP contribution in [-0.4, -0.2) is 42.9 Å². The third-order valence-corrected chi connectivity index (χ3v) is 4.03. The highest BCUT2D eigenvalue weighted by molar-refractivity contribution is 6.45. The largest absolute Gasteiger partial charge is 0.493 e. The Bertz CT molecular complexity index is 1160. The maximum Gasteiger partial charge on any atom is 0.273 e. The first-order valence-corrected chi connectivity index (χ1v) is 9.10. The minimum atomic E-state index is -1.06. The van der Waals surface area contributed by atoms with Gasteiger partial charge >= 0.3 is 0 Å². The van der Waals surface area contributed by atoms with Gasteiger partial charge in [0.05, 0.1) is 12.7 Å². The summed E-state index contributed by atoms with van der Waals surface area (Å²) in [5, 5.41) is 6.03. The van der Waals surface area contributed by atoms with E-state index in [0.717, 1.165) is 18.5 Å². The van der Waals surface area contributed by atoms with Crippen LogP contribution in [0.3, 0.4) is 0 Å². The molecule has 0 aliphatic carbocycles. The van der Waals surface area contributed by atoms with E-state index < -0.39 is 29.3 Å². The van der Waals surface area contributed by atoms with Crippen molar-refractivity contribution in [3.05, 3.63) is 66.0 Å². The number of benzene rings is 2. The van der Waals surface area contributed by atoms with Crippen molar-refractivity contribution in [2.75, 3.05) is 21.3 Å². The van der Waals surface area contributed by atoms with Crippen molar-refractivity contribution in [1.82, 2.24) is 15.3 Å². The second-order valence-electron chi connectivity index (χ2n) is 6.00. The molecule has 0 fully saturated rings. The average Bonchev–Trinajstić information content (AvgIpc) is 2.80. The molecule has 2 aromatic carbocycles. The zero-order valence-corrected chi connectivity index (χ0v) is 17.3. The summed E-state index contributed by atoms with van der Waals surface area (Å²) >= 11 is 0. The molecule has 0 bridgehead atoms. The molecule has 1 heterocycles. The normalized spacial score (nSPS) is 11.0. The quantitative estimate of drug-likeness (QED) is 0.419. The van der Waals surface area contributed by atoms with Crippen molar-refractivity contribution < 1.29 is 32.6 Å². The fourth-order valence-electron chi connectivity index (χ4n) is 2.59. The Morgan fingerprint density at radius 1 is 0.969 bits per heavy atom. The van der Waals surface area contributed by atoms with Gasteiger partial charge in [-0.2, -0.15) is 14.4 Å². The fraction of sp³-hybridized carbons (Fsp3) is 0.143. The number of ether oxygens (including phenoxy) is 3. The molecule has 1 aromatic heterocycles. The van der Waals surface area contributed by atoms with Crippen molar-refractivity contribution in [2.45, 2.75) is 0 Å². The Morgan fingerprint density at radius 2 is 1.62 bits per heavy atom. The zero-order chi connectivity index (χ0) is 23.1. The standard InChI is InChI=1S/C21H18F2N4O5/c1-24-19(28)18(27-30-3)13-9-8-12(22)10-16(13)32-21-17(23)20(25-11-26-21)31-15-7-5-4-6-14(15)29-2/h4-11H,1-3H3,(H,24,28)/b27-18+. The number of nitrogens with zero attached hydrogens (tertiary/aromatic N) is 3. The molecular weight excluding hydrogens is 426 g/mol. The summed E-state index contributed by atoms with van der Waals surface area (Å²) in [7, 11) is 4.05. The molecule has 11 heteroatoms. The summed E-state index contributed by atoms with van der Waals surface area (Å²) in [4.78, 5) is 24.4. The van der Waals surface area contributed by atoms with Crippen LogP contribution < -0.4 is 19.5 Å². The van der Waals surface area contributed by atoms with Crippen molar-refractivity contribution in [1.29, 1.82) is 0 Å². The summed E-state index contributed by atoms with van der Waals surface area (Å²) in [6.07, 6.45) is 1.00. The molecule has 32 heavy (non-hydrogen) atoms. The lowest BCUT2D eigenvalue weighted by atomic mass is 10.1. The van der Waals surface area contributed by atoms with Gasteiger partial charge in [-0.15, -0.1) is 0 Å². The Labute approximate surface area is 181 Å². The summed E-state index contributed by atoms with van der Waals surface area (Å²) in [6.45, 7) is 0. The van der Waals surface area contributed by atoms with Gasteiger partial charge in [-0.1, -0.05) is 17.3 Å². The van der Waals surface area contributed by atoms with E-state index in [-0.39, 0.29) is 22.8 Å². The molecule has 0 atom stereocenters. The molecule has 1 amide bonds. The van der Waals surface area contributed by atoms with Gasteiger partial charge in [0.25, 0.3) is 17.7 Å². The number of nitrogens with one attached hydrogen (secondary N) is 1. The number of amides is 1. The van der Waals surface area contributed by atoms with E-state index in [1.165, 1.54) is 27.3 Å². The molecule has 0 spiro atoms. The highest BCUT2D eigenvalue weighted by Gasteiger charge is 2.23. The smallest absolute Gasteiger partial charge is 0.273 e. The molecular formula is C21H18F2N4O5. The lowest BCUT2D eigenvalue weighted by Crippen LogP contribution is -2.29. The van der Waals surface area contributed by atoms with Crippen LogP contribution in [-0.2, 0) is 9.63 Å². The maximum atomic E-state index is 15.0. The number of oxime groups is 1. The summed E-state index contributed by atoms with van der Waals surface area (Å²) in [6, 6.07) is 9.84. The molecule has 3 rings (SSSR count). The number of aromatic nitrogens is 2. The summed E-state index contributed by atoms with van der Waals surface area (Å²) in [5.74, 6) is -3.07. The van der Waals surface area contributed by atoms with Crippen LogP contribution in [0.15, 0.2) is 53.9 Å². The Morgan fingerprint density at radius 3 is 2.25 bits per heavy atom. The fourth-order valence-corrected chi connectivity index (χ4v) is 2.59.